The number of hydrogen-bond acceptors (Lipinski definition) is 6. The molecular formula is C20H25N3O5. The molecule has 2 atom stereocenters. The lowest BCUT2D eigenvalue weighted by molar-refractivity contribution is -0.166. The van der Waals surface area contributed by atoms with E-state index in [-0.39, 0.29) is 30.1 Å². The maximum atomic E-state index is 12.4. The first-order valence-corrected chi connectivity index (χ1v) is 9.89. The predicted molar refractivity (Wildman–Crippen MR) is 99.2 cm³/mol. The zero-order chi connectivity index (χ0) is 19.5. The highest BCUT2D eigenvalue weighted by atomic mass is 16.7. The van der Waals surface area contributed by atoms with Crippen LogP contribution in [0.2, 0.25) is 0 Å². The minimum atomic E-state index is -0.353. The second-order valence-corrected chi connectivity index (χ2v) is 7.30. The predicted octanol–water partition coefficient (Wildman–Crippen LogP) is 1.32. The van der Waals surface area contributed by atoms with Crippen LogP contribution in [-0.4, -0.2) is 66.3 Å². The third-order valence-electron chi connectivity index (χ3n) is 5.51. The molecule has 3 aliphatic rings. The molecule has 2 saturated heterocycles. The summed E-state index contributed by atoms with van der Waals surface area (Å²) in [5, 5.41) is 1.05. The van der Waals surface area contributed by atoms with E-state index >= 15 is 0 Å². The molecule has 0 aromatic heterocycles. The summed E-state index contributed by atoms with van der Waals surface area (Å²) in [5.41, 5.74) is 3.74. The Morgan fingerprint density at radius 3 is 2.50 bits per heavy atom. The van der Waals surface area contributed by atoms with Gasteiger partial charge in [0.25, 0.3) is 11.8 Å². The molecule has 1 aromatic rings. The molecule has 0 aliphatic carbocycles. The van der Waals surface area contributed by atoms with Gasteiger partial charge in [0.2, 0.25) is 5.91 Å². The van der Waals surface area contributed by atoms with E-state index in [0.717, 1.165) is 30.9 Å². The van der Waals surface area contributed by atoms with E-state index in [0.29, 0.717) is 43.7 Å². The molecule has 0 unspecified atom stereocenters. The van der Waals surface area contributed by atoms with E-state index in [1.165, 1.54) is 0 Å². The van der Waals surface area contributed by atoms with Gasteiger partial charge in [-0.3, -0.25) is 14.4 Å². The van der Waals surface area contributed by atoms with Crippen molar-refractivity contribution in [3.63, 3.8) is 0 Å². The molecule has 1 N–H and O–H groups in total. The van der Waals surface area contributed by atoms with Crippen molar-refractivity contribution in [2.75, 3.05) is 26.3 Å². The zero-order valence-corrected chi connectivity index (χ0v) is 15.8. The van der Waals surface area contributed by atoms with Crippen LogP contribution in [0.25, 0.3) is 0 Å². The summed E-state index contributed by atoms with van der Waals surface area (Å²) in [6.07, 6.45) is 4.03. The van der Waals surface area contributed by atoms with Crippen molar-refractivity contribution in [3.8, 4) is 0 Å². The van der Waals surface area contributed by atoms with Crippen LogP contribution in [0, 0.1) is 0 Å². The maximum absolute atomic E-state index is 12.4. The number of nitrogens with one attached hydrogen (secondary N) is 1. The molecular weight excluding hydrogens is 362 g/mol. The minimum Gasteiger partial charge on any atom is -0.353 e. The van der Waals surface area contributed by atoms with Crippen LogP contribution >= 0.6 is 0 Å². The largest absolute Gasteiger partial charge is 0.353 e. The SMILES string of the molecule is O=C1c2ccccc2C(=O)N1NC[C@H]1CCC(=O)N1CCO[C@@H]1CCCCO1. The molecule has 0 saturated carbocycles. The van der Waals surface area contributed by atoms with Crippen LogP contribution in [0.5, 0.6) is 0 Å². The Morgan fingerprint density at radius 2 is 1.82 bits per heavy atom. The van der Waals surface area contributed by atoms with Crippen molar-refractivity contribution in [3.05, 3.63) is 35.4 Å². The summed E-state index contributed by atoms with van der Waals surface area (Å²) < 4.78 is 11.3. The van der Waals surface area contributed by atoms with Crippen LogP contribution in [0.3, 0.4) is 0 Å². The molecule has 0 bridgehead atoms. The smallest absolute Gasteiger partial charge is 0.276 e. The van der Waals surface area contributed by atoms with Crippen molar-refractivity contribution in [2.24, 2.45) is 0 Å². The minimum absolute atomic E-state index is 0.0716. The Labute approximate surface area is 163 Å². The third kappa shape index (κ3) is 3.80. The van der Waals surface area contributed by atoms with Gasteiger partial charge in [-0.05, 0) is 37.8 Å². The van der Waals surface area contributed by atoms with Gasteiger partial charge < -0.3 is 14.4 Å². The van der Waals surface area contributed by atoms with Gasteiger partial charge in [-0.25, -0.2) is 10.4 Å². The average Bonchev–Trinajstić information content (AvgIpc) is 3.19. The van der Waals surface area contributed by atoms with E-state index in [2.05, 4.69) is 5.43 Å². The normalized spacial score (nSPS) is 24.9. The maximum Gasteiger partial charge on any atom is 0.276 e. The van der Waals surface area contributed by atoms with Crippen molar-refractivity contribution < 1.29 is 23.9 Å². The topological polar surface area (TPSA) is 88.2 Å². The second kappa shape index (κ2) is 8.38. The van der Waals surface area contributed by atoms with Crippen LogP contribution in [0.1, 0.15) is 52.8 Å². The van der Waals surface area contributed by atoms with Gasteiger partial charge in [-0.2, -0.15) is 0 Å². The molecule has 0 spiro atoms. The van der Waals surface area contributed by atoms with Crippen LogP contribution in [0.15, 0.2) is 24.3 Å². The van der Waals surface area contributed by atoms with E-state index in [1.807, 2.05) is 0 Å². The number of rotatable bonds is 7. The molecule has 8 nitrogen and oxygen atoms in total. The van der Waals surface area contributed by atoms with Crippen molar-refractivity contribution in [1.29, 1.82) is 0 Å². The first kappa shape index (κ1) is 19.0. The van der Waals surface area contributed by atoms with Crippen LogP contribution < -0.4 is 5.43 Å². The molecule has 3 heterocycles. The van der Waals surface area contributed by atoms with Gasteiger partial charge in [-0.1, -0.05) is 12.1 Å². The van der Waals surface area contributed by atoms with Gasteiger partial charge >= 0.3 is 0 Å². The Kier molecular flexibility index (Phi) is 5.70. The van der Waals surface area contributed by atoms with Gasteiger partial charge in [0.05, 0.1) is 17.7 Å². The first-order chi connectivity index (χ1) is 13.6. The summed E-state index contributed by atoms with van der Waals surface area (Å²) in [6, 6.07) is 6.69. The molecule has 8 heteroatoms. The number of ether oxygens (including phenoxy) is 2. The number of hydrogen-bond donors (Lipinski definition) is 1. The fourth-order valence-electron chi connectivity index (χ4n) is 3.97. The summed E-state index contributed by atoms with van der Waals surface area (Å²) >= 11 is 0. The Bertz CT molecular complexity index is 727. The number of hydrazine groups is 1. The van der Waals surface area contributed by atoms with E-state index in [1.54, 1.807) is 29.2 Å². The Morgan fingerprint density at radius 1 is 1.07 bits per heavy atom. The summed E-state index contributed by atoms with van der Waals surface area (Å²) in [6.45, 7) is 1.96. The van der Waals surface area contributed by atoms with E-state index in [9.17, 15) is 14.4 Å². The molecule has 28 heavy (non-hydrogen) atoms. The Hall–Kier alpha value is -2.29. The van der Waals surface area contributed by atoms with E-state index < -0.39 is 0 Å². The monoisotopic (exact) mass is 387 g/mol. The number of carbonyl (C=O) groups excluding carboxylic acids is 3. The number of imide groups is 1. The summed E-state index contributed by atoms with van der Waals surface area (Å²) in [5.74, 6) is -0.633. The van der Waals surface area contributed by atoms with Crippen molar-refractivity contribution in [2.45, 2.75) is 44.4 Å². The lowest BCUT2D eigenvalue weighted by Gasteiger charge is -2.28. The lowest BCUT2D eigenvalue weighted by Crippen LogP contribution is -2.49. The van der Waals surface area contributed by atoms with Crippen LogP contribution in [0.4, 0.5) is 0 Å². The second-order valence-electron chi connectivity index (χ2n) is 7.30. The lowest BCUT2D eigenvalue weighted by atomic mass is 10.1. The quantitative estimate of drug-likeness (QED) is 0.710. The number of likely N-dealkylation sites (tertiary alicyclic amines) is 1. The van der Waals surface area contributed by atoms with Gasteiger partial charge in [-0.15, -0.1) is 0 Å². The number of fused-ring (bicyclic) bond motifs is 1. The molecule has 150 valence electrons. The molecule has 4 rings (SSSR count). The van der Waals surface area contributed by atoms with Gasteiger partial charge in [0.15, 0.2) is 6.29 Å². The third-order valence-corrected chi connectivity index (χ3v) is 5.51. The fourth-order valence-corrected chi connectivity index (χ4v) is 3.97. The number of benzene rings is 1. The molecule has 0 radical (unpaired) electrons. The Balaban J connectivity index is 1.29. The fraction of sp³-hybridized carbons (Fsp3) is 0.550. The first-order valence-electron chi connectivity index (χ1n) is 9.89. The molecule has 3 amide bonds. The average molecular weight is 387 g/mol. The summed E-state index contributed by atoms with van der Waals surface area (Å²) in [7, 11) is 0. The number of amides is 3. The van der Waals surface area contributed by atoms with Gasteiger partial charge in [0, 0.05) is 32.2 Å². The van der Waals surface area contributed by atoms with Gasteiger partial charge in [0.1, 0.15) is 0 Å². The molecule has 1 aromatic carbocycles. The van der Waals surface area contributed by atoms with Crippen molar-refractivity contribution in [1.82, 2.24) is 15.3 Å². The molecule has 3 aliphatic heterocycles. The number of carbonyl (C=O) groups is 3. The number of nitrogens with zero attached hydrogens (tertiary/aromatic N) is 2. The van der Waals surface area contributed by atoms with Crippen molar-refractivity contribution >= 4 is 17.7 Å². The van der Waals surface area contributed by atoms with Crippen LogP contribution in [-0.2, 0) is 14.3 Å². The highest BCUT2D eigenvalue weighted by molar-refractivity contribution is 6.20. The highest BCUT2D eigenvalue weighted by Crippen LogP contribution is 2.22. The van der Waals surface area contributed by atoms with E-state index in [4.69, 9.17) is 9.47 Å². The summed E-state index contributed by atoms with van der Waals surface area (Å²) in [4.78, 5) is 38.9. The zero-order valence-electron chi connectivity index (χ0n) is 15.8. The molecule has 2 fully saturated rings. The standard InChI is InChI=1S/C20H25N3O5/c24-17-9-8-14(22(17)10-12-28-18-7-3-4-11-27-18)13-21-23-19(25)15-5-1-2-6-16(15)20(23)26/h1-2,5-6,14,18,21H,3-4,7-13H2/t14-,18-/m1/s1. The highest BCUT2D eigenvalue weighted by Gasteiger charge is 2.37.